The van der Waals surface area contributed by atoms with Crippen LogP contribution in [0.3, 0.4) is 0 Å². The van der Waals surface area contributed by atoms with Crippen molar-refractivity contribution in [3.05, 3.63) is 98.0 Å². The van der Waals surface area contributed by atoms with Gasteiger partial charge in [-0.1, -0.05) is 66.5 Å². The minimum absolute atomic E-state index is 0.153. The van der Waals surface area contributed by atoms with E-state index in [1.807, 2.05) is 50.2 Å². The van der Waals surface area contributed by atoms with E-state index in [9.17, 15) is 14.4 Å². The summed E-state index contributed by atoms with van der Waals surface area (Å²) < 4.78 is 11.3. The number of carbonyl (C=O) groups is 3. The Bertz CT molecular complexity index is 1420. The lowest BCUT2D eigenvalue weighted by atomic mass is 9.93. The Hall–Kier alpha value is -3.10. The van der Waals surface area contributed by atoms with E-state index < -0.39 is 17.6 Å². The van der Waals surface area contributed by atoms with Gasteiger partial charge in [-0.05, 0) is 80.1 Å². The maximum Gasteiger partial charge on any atom is 0.253 e. The minimum atomic E-state index is -0.997. The number of hydrogen-bond donors (Lipinski definition) is 2. The standard InChI is InChI=1S/C19H23NO3.C14H16Cl3NO2/c1-13-9-10-14(2)17(11-13)23-12-15-7-5-6-8-16(15)18(22-4)19(21)20-3;1-4-14(3,12(19)7-15)18-13(20)9-5-10(16)8(2)11(17)6-9/h5-11,18H,12H2,1-4H3,(H,20,21);5-6H,4,7H2,1-3H3,(H,18,20). The summed E-state index contributed by atoms with van der Waals surface area (Å²) in [6.45, 7) is 9.65. The van der Waals surface area contributed by atoms with Gasteiger partial charge < -0.3 is 20.1 Å². The van der Waals surface area contributed by atoms with Gasteiger partial charge in [0, 0.05) is 29.8 Å². The van der Waals surface area contributed by atoms with E-state index in [1.54, 1.807) is 27.8 Å². The Morgan fingerprint density at radius 3 is 2.16 bits per heavy atom. The monoisotopic (exact) mass is 648 g/mol. The zero-order valence-corrected chi connectivity index (χ0v) is 27.8. The Labute approximate surface area is 269 Å². The molecule has 0 fully saturated rings. The van der Waals surface area contributed by atoms with Crippen LogP contribution in [0.15, 0.2) is 54.6 Å². The van der Waals surface area contributed by atoms with E-state index in [4.69, 9.17) is 44.3 Å². The van der Waals surface area contributed by atoms with Crippen LogP contribution in [-0.2, 0) is 20.9 Å². The number of hydrogen-bond acceptors (Lipinski definition) is 5. The lowest BCUT2D eigenvalue weighted by Crippen LogP contribution is -2.52. The molecule has 0 bridgehead atoms. The number of rotatable bonds is 11. The summed E-state index contributed by atoms with van der Waals surface area (Å²) >= 11 is 17.6. The Morgan fingerprint density at radius 2 is 1.60 bits per heavy atom. The topological polar surface area (TPSA) is 93.7 Å². The molecule has 2 atom stereocenters. The van der Waals surface area contributed by atoms with Crippen molar-refractivity contribution < 1.29 is 23.9 Å². The molecule has 2 unspecified atom stereocenters. The molecule has 2 N–H and O–H groups in total. The highest BCUT2D eigenvalue weighted by atomic mass is 35.5. The molecular weight excluding hydrogens is 611 g/mol. The van der Waals surface area contributed by atoms with Crippen LogP contribution < -0.4 is 15.4 Å². The van der Waals surface area contributed by atoms with Gasteiger partial charge in [0.15, 0.2) is 11.9 Å². The van der Waals surface area contributed by atoms with Crippen LogP contribution in [0, 0.1) is 20.8 Å². The van der Waals surface area contributed by atoms with Crippen LogP contribution >= 0.6 is 34.8 Å². The first-order valence-electron chi connectivity index (χ1n) is 13.7. The number of methoxy groups -OCH3 is 1. The number of carbonyl (C=O) groups excluding carboxylic acids is 3. The van der Waals surface area contributed by atoms with Crippen LogP contribution in [0.1, 0.15) is 64.5 Å². The van der Waals surface area contributed by atoms with Crippen molar-refractivity contribution in [1.82, 2.24) is 10.6 Å². The molecule has 43 heavy (non-hydrogen) atoms. The van der Waals surface area contributed by atoms with E-state index in [0.29, 0.717) is 34.2 Å². The first kappa shape index (κ1) is 36.1. The molecule has 0 spiro atoms. The van der Waals surface area contributed by atoms with Crippen molar-refractivity contribution in [2.45, 2.75) is 59.3 Å². The fourth-order valence-electron chi connectivity index (χ4n) is 4.05. The van der Waals surface area contributed by atoms with E-state index in [2.05, 4.69) is 16.7 Å². The molecule has 3 aromatic rings. The highest BCUT2D eigenvalue weighted by Crippen LogP contribution is 2.27. The second-order valence-electron chi connectivity index (χ2n) is 10.2. The van der Waals surface area contributed by atoms with Gasteiger partial charge >= 0.3 is 0 Å². The molecule has 0 aliphatic rings. The van der Waals surface area contributed by atoms with Crippen molar-refractivity contribution in [3.8, 4) is 5.75 Å². The van der Waals surface area contributed by atoms with E-state index in [0.717, 1.165) is 28.0 Å². The number of Topliss-reactive ketones (excluding diaryl/α,β-unsaturated/α-hetero) is 1. The maximum atomic E-state index is 12.2. The van der Waals surface area contributed by atoms with Crippen molar-refractivity contribution in [2.24, 2.45) is 0 Å². The van der Waals surface area contributed by atoms with Gasteiger partial charge in [0.25, 0.3) is 11.8 Å². The van der Waals surface area contributed by atoms with Gasteiger partial charge in [-0.3, -0.25) is 14.4 Å². The Balaban J connectivity index is 0.000000304. The fraction of sp³-hybridized carbons (Fsp3) is 0.364. The number of aryl methyl sites for hydroxylation is 2. The van der Waals surface area contributed by atoms with Gasteiger partial charge in [-0.2, -0.15) is 0 Å². The molecule has 0 saturated carbocycles. The fourth-order valence-corrected chi connectivity index (χ4v) is 4.83. The number of likely N-dealkylation sites (N-methyl/N-ethyl adjacent to an activating group) is 1. The zero-order chi connectivity index (χ0) is 32.3. The van der Waals surface area contributed by atoms with Gasteiger partial charge in [-0.15, -0.1) is 11.6 Å². The van der Waals surface area contributed by atoms with Gasteiger partial charge in [-0.25, -0.2) is 0 Å². The number of nitrogens with one attached hydrogen (secondary N) is 2. The average Bonchev–Trinajstić information content (AvgIpc) is 3.00. The molecule has 0 aromatic heterocycles. The van der Waals surface area contributed by atoms with E-state index >= 15 is 0 Å². The van der Waals surface area contributed by atoms with E-state index in [-0.39, 0.29) is 17.6 Å². The Morgan fingerprint density at radius 1 is 0.977 bits per heavy atom. The highest BCUT2D eigenvalue weighted by Gasteiger charge is 2.32. The number of ether oxygens (including phenoxy) is 2. The Kier molecular flexibility index (Phi) is 14.0. The summed E-state index contributed by atoms with van der Waals surface area (Å²) in [4.78, 5) is 36.0. The maximum absolute atomic E-state index is 12.2. The number of ketones is 1. The van der Waals surface area contributed by atoms with Crippen LogP contribution in [-0.4, -0.2) is 43.2 Å². The van der Waals surface area contributed by atoms with Crippen LogP contribution in [0.2, 0.25) is 10.0 Å². The van der Waals surface area contributed by atoms with Crippen LogP contribution in [0.5, 0.6) is 5.75 Å². The van der Waals surface area contributed by atoms with Crippen LogP contribution in [0.25, 0.3) is 0 Å². The average molecular weight is 650 g/mol. The lowest BCUT2D eigenvalue weighted by molar-refractivity contribution is -0.131. The SMILES string of the molecule is CCC(C)(NC(=O)c1cc(Cl)c(C)c(Cl)c1)C(=O)CCl.CNC(=O)C(OC)c1ccccc1COc1cc(C)ccc1C. The summed E-state index contributed by atoms with van der Waals surface area (Å²) in [6, 6.07) is 16.8. The number of benzene rings is 3. The molecule has 0 aliphatic carbocycles. The lowest BCUT2D eigenvalue weighted by Gasteiger charge is -2.27. The summed E-state index contributed by atoms with van der Waals surface area (Å²) in [5.41, 5.74) is 4.01. The van der Waals surface area contributed by atoms with E-state index in [1.165, 1.54) is 19.2 Å². The molecule has 3 rings (SSSR count). The second-order valence-corrected chi connectivity index (χ2v) is 11.3. The zero-order valence-electron chi connectivity index (χ0n) is 25.6. The summed E-state index contributed by atoms with van der Waals surface area (Å²) in [6.07, 6.45) is -0.198. The number of halogens is 3. The molecule has 0 heterocycles. The molecule has 2 amide bonds. The first-order chi connectivity index (χ1) is 20.3. The third-order valence-corrected chi connectivity index (χ3v) is 8.19. The molecule has 10 heteroatoms. The molecular formula is C33H39Cl3N2O5. The molecule has 7 nitrogen and oxygen atoms in total. The highest BCUT2D eigenvalue weighted by molar-refractivity contribution is 6.36. The predicted molar refractivity (Wildman–Crippen MR) is 174 cm³/mol. The van der Waals surface area contributed by atoms with Crippen molar-refractivity contribution in [2.75, 3.05) is 20.0 Å². The smallest absolute Gasteiger partial charge is 0.253 e. The van der Waals surface area contributed by atoms with Gasteiger partial charge in [0.2, 0.25) is 0 Å². The third kappa shape index (κ3) is 9.70. The van der Waals surface area contributed by atoms with Gasteiger partial charge in [0.1, 0.15) is 12.4 Å². The quantitative estimate of drug-likeness (QED) is 0.212. The molecule has 0 aliphatic heterocycles. The number of alkyl halides is 1. The third-order valence-electron chi connectivity index (χ3n) is 7.16. The summed E-state index contributed by atoms with van der Waals surface area (Å²) in [5, 5.41) is 6.13. The molecule has 232 valence electrons. The molecule has 0 radical (unpaired) electrons. The molecule has 3 aromatic carbocycles. The predicted octanol–water partition coefficient (Wildman–Crippen LogP) is 7.32. The molecule has 0 saturated heterocycles. The van der Waals surface area contributed by atoms with Crippen molar-refractivity contribution in [3.63, 3.8) is 0 Å². The van der Waals surface area contributed by atoms with Crippen molar-refractivity contribution in [1.29, 1.82) is 0 Å². The number of amides is 2. The summed E-state index contributed by atoms with van der Waals surface area (Å²) in [5.74, 6) is -0.114. The van der Waals surface area contributed by atoms with Gasteiger partial charge in [0.05, 0.1) is 11.4 Å². The summed E-state index contributed by atoms with van der Waals surface area (Å²) in [7, 11) is 3.13. The minimum Gasteiger partial charge on any atom is -0.489 e. The first-order valence-corrected chi connectivity index (χ1v) is 15.0. The largest absolute Gasteiger partial charge is 0.489 e. The normalized spacial score (nSPS) is 12.7. The van der Waals surface area contributed by atoms with Crippen molar-refractivity contribution >= 4 is 52.4 Å². The second kappa shape index (κ2) is 16.7. The van der Waals surface area contributed by atoms with Crippen LogP contribution in [0.4, 0.5) is 0 Å².